The maximum atomic E-state index is 6.45. The first-order valence-corrected chi connectivity index (χ1v) is 8.56. The maximum absolute atomic E-state index is 6.45. The lowest BCUT2D eigenvalue weighted by molar-refractivity contribution is 0.135. The van der Waals surface area contributed by atoms with E-state index in [1.807, 2.05) is 18.7 Å². The highest BCUT2D eigenvalue weighted by atomic mass is 35.5. The zero-order chi connectivity index (χ0) is 15.2. The number of imidazole rings is 1. The van der Waals surface area contributed by atoms with Crippen LogP contribution in [0.15, 0.2) is 0 Å². The van der Waals surface area contributed by atoms with Gasteiger partial charge in [-0.25, -0.2) is 4.98 Å². The first-order chi connectivity index (χ1) is 10.0. The van der Waals surface area contributed by atoms with Crippen LogP contribution in [0.3, 0.4) is 0 Å². The van der Waals surface area contributed by atoms with Crippen LogP contribution in [-0.2, 0) is 19.0 Å². The van der Waals surface area contributed by atoms with Crippen LogP contribution in [0.2, 0.25) is 0 Å². The van der Waals surface area contributed by atoms with Crippen LogP contribution in [0, 0.1) is 0 Å². The first-order valence-electron chi connectivity index (χ1n) is 8.13. The highest BCUT2D eigenvalue weighted by Gasteiger charge is 2.41. The second kappa shape index (κ2) is 5.31. The van der Waals surface area contributed by atoms with Crippen molar-refractivity contribution in [2.45, 2.75) is 70.2 Å². The van der Waals surface area contributed by atoms with E-state index in [4.69, 9.17) is 21.7 Å². The largest absolute Gasteiger partial charge is 0.305 e. The summed E-state index contributed by atoms with van der Waals surface area (Å²) >= 11 is 6.45. The quantitative estimate of drug-likeness (QED) is 0.772. The van der Waals surface area contributed by atoms with Gasteiger partial charge in [0.2, 0.25) is 0 Å². The molecule has 4 nitrogen and oxygen atoms in total. The Bertz CT molecular complexity index is 643. The second-order valence-corrected chi connectivity index (χ2v) is 7.00. The number of nitrogens with zero attached hydrogens (tertiary/aromatic N) is 4. The average Bonchev–Trinajstić information content (AvgIpc) is 2.90. The molecule has 2 heterocycles. The minimum absolute atomic E-state index is 0.0732. The predicted octanol–water partition coefficient (Wildman–Crippen LogP) is 4.31. The minimum Gasteiger partial charge on any atom is -0.305 e. The molecule has 1 fully saturated rings. The van der Waals surface area contributed by atoms with Crippen LogP contribution in [-0.4, -0.2) is 19.3 Å². The van der Waals surface area contributed by atoms with Crippen molar-refractivity contribution in [3.63, 3.8) is 0 Å². The van der Waals surface area contributed by atoms with Gasteiger partial charge in [0.25, 0.3) is 0 Å². The van der Waals surface area contributed by atoms with Crippen LogP contribution in [0.5, 0.6) is 0 Å². The van der Waals surface area contributed by atoms with E-state index in [0.717, 1.165) is 41.9 Å². The number of hydrogen-bond donors (Lipinski definition) is 0. The summed E-state index contributed by atoms with van der Waals surface area (Å²) < 4.78 is 4.42. The van der Waals surface area contributed by atoms with Crippen LogP contribution in [0.4, 0.5) is 0 Å². The number of aryl methyl sites for hydroxylation is 2. The summed E-state index contributed by atoms with van der Waals surface area (Å²) in [6.45, 7) is 6.48. The first kappa shape index (κ1) is 14.9. The van der Waals surface area contributed by atoms with Gasteiger partial charge in [-0.1, -0.05) is 20.3 Å². The van der Waals surface area contributed by atoms with E-state index < -0.39 is 0 Å². The van der Waals surface area contributed by atoms with Crippen LogP contribution < -0.4 is 0 Å². The number of rotatable bonds is 5. The van der Waals surface area contributed by atoms with Gasteiger partial charge in [-0.15, -0.1) is 11.6 Å². The average molecular weight is 309 g/mol. The van der Waals surface area contributed by atoms with Gasteiger partial charge in [-0.3, -0.25) is 4.68 Å². The van der Waals surface area contributed by atoms with Crippen molar-refractivity contribution in [1.82, 2.24) is 19.3 Å². The topological polar surface area (TPSA) is 35.6 Å². The molecule has 0 amide bonds. The number of fused-ring (bicyclic) bond motifs is 1. The van der Waals surface area contributed by atoms with Crippen LogP contribution in [0.1, 0.15) is 69.8 Å². The van der Waals surface area contributed by atoms with E-state index in [2.05, 4.69) is 18.4 Å². The molecule has 2 aromatic rings. The molecular formula is C16H25ClN4. The molecule has 1 unspecified atom stereocenters. The molecule has 0 N–H and O–H groups in total. The molecule has 1 atom stereocenters. The van der Waals surface area contributed by atoms with Gasteiger partial charge in [0.15, 0.2) is 5.65 Å². The molecule has 3 rings (SSSR count). The third-order valence-corrected chi connectivity index (χ3v) is 5.18. The summed E-state index contributed by atoms with van der Waals surface area (Å²) in [5.41, 5.74) is 3.52. The summed E-state index contributed by atoms with van der Waals surface area (Å²) in [5, 5.41) is 4.62. The molecule has 2 aromatic heterocycles. The Morgan fingerprint density at radius 3 is 2.52 bits per heavy atom. The number of alkyl halides is 1. The lowest BCUT2D eigenvalue weighted by Crippen LogP contribution is -2.41. The van der Waals surface area contributed by atoms with Gasteiger partial charge in [0, 0.05) is 12.6 Å². The Labute approximate surface area is 131 Å². The molecule has 116 valence electrons. The SMILES string of the molecule is CCCc1nn(C)c2c1nc(C(C)Cl)n2C1(CC)CCC1. The van der Waals surface area contributed by atoms with E-state index in [0.29, 0.717) is 0 Å². The second-order valence-electron chi connectivity index (χ2n) is 6.35. The predicted molar refractivity (Wildman–Crippen MR) is 86.9 cm³/mol. The number of hydrogen-bond acceptors (Lipinski definition) is 2. The Balaban J connectivity index is 2.27. The van der Waals surface area contributed by atoms with Crippen molar-refractivity contribution in [2.24, 2.45) is 7.05 Å². The summed E-state index contributed by atoms with van der Waals surface area (Å²) in [5.74, 6) is 1.01. The van der Waals surface area contributed by atoms with Gasteiger partial charge < -0.3 is 4.57 Å². The normalized spacial score (nSPS) is 18.9. The summed E-state index contributed by atoms with van der Waals surface area (Å²) in [6.07, 6.45) is 6.93. The Morgan fingerprint density at radius 2 is 2.05 bits per heavy atom. The molecule has 0 saturated heterocycles. The summed E-state index contributed by atoms with van der Waals surface area (Å²) in [7, 11) is 2.03. The third kappa shape index (κ3) is 2.10. The zero-order valence-electron chi connectivity index (χ0n) is 13.5. The maximum Gasteiger partial charge on any atom is 0.159 e. The van der Waals surface area contributed by atoms with Crippen molar-refractivity contribution in [1.29, 1.82) is 0 Å². The highest BCUT2D eigenvalue weighted by molar-refractivity contribution is 6.20. The van der Waals surface area contributed by atoms with Crippen LogP contribution >= 0.6 is 11.6 Å². The number of halogens is 1. The van der Waals surface area contributed by atoms with Gasteiger partial charge in [-0.2, -0.15) is 5.10 Å². The Kier molecular flexibility index (Phi) is 3.76. The van der Waals surface area contributed by atoms with Crippen molar-refractivity contribution >= 4 is 22.8 Å². The smallest absolute Gasteiger partial charge is 0.159 e. The van der Waals surface area contributed by atoms with E-state index in [1.54, 1.807) is 0 Å². The van der Waals surface area contributed by atoms with E-state index >= 15 is 0 Å². The molecule has 0 aliphatic heterocycles. The van der Waals surface area contributed by atoms with E-state index in [9.17, 15) is 0 Å². The van der Waals surface area contributed by atoms with Crippen molar-refractivity contribution in [3.05, 3.63) is 11.5 Å². The molecule has 1 aliphatic carbocycles. The lowest BCUT2D eigenvalue weighted by Gasteiger charge is -2.44. The lowest BCUT2D eigenvalue weighted by atomic mass is 9.74. The fourth-order valence-corrected chi connectivity index (χ4v) is 3.80. The molecule has 0 spiro atoms. The van der Waals surface area contributed by atoms with Crippen molar-refractivity contribution in [3.8, 4) is 0 Å². The molecule has 21 heavy (non-hydrogen) atoms. The standard InChI is InChI=1S/C16H25ClN4/c1-5-8-12-13-15(20(4)19-12)21(14(18-13)11(3)17)16(6-2)9-7-10-16/h11H,5-10H2,1-4H3. The van der Waals surface area contributed by atoms with Gasteiger partial charge in [0.05, 0.1) is 11.1 Å². The third-order valence-electron chi connectivity index (χ3n) is 4.99. The zero-order valence-corrected chi connectivity index (χ0v) is 14.2. The summed E-state index contributed by atoms with van der Waals surface area (Å²) in [6, 6.07) is 0. The van der Waals surface area contributed by atoms with Gasteiger partial charge >= 0.3 is 0 Å². The van der Waals surface area contributed by atoms with E-state index in [-0.39, 0.29) is 10.9 Å². The number of aromatic nitrogens is 4. The van der Waals surface area contributed by atoms with Crippen molar-refractivity contribution in [2.75, 3.05) is 0 Å². The fourth-order valence-electron chi connectivity index (χ4n) is 3.66. The van der Waals surface area contributed by atoms with E-state index in [1.165, 1.54) is 19.3 Å². The molecular weight excluding hydrogens is 284 g/mol. The molecule has 0 aromatic carbocycles. The van der Waals surface area contributed by atoms with Gasteiger partial charge in [0.1, 0.15) is 11.3 Å². The van der Waals surface area contributed by atoms with Gasteiger partial charge in [-0.05, 0) is 39.0 Å². The molecule has 1 aliphatic rings. The minimum atomic E-state index is -0.0732. The highest BCUT2D eigenvalue weighted by Crippen LogP contribution is 2.46. The Morgan fingerprint density at radius 1 is 1.33 bits per heavy atom. The molecule has 0 radical (unpaired) electrons. The van der Waals surface area contributed by atoms with Crippen LogP contribution in [0.25, 0.3) is 11.2 Å². The van der Waals surface area contributed by atoms with Crippen molar-refractivity contribution < 1.29 is 0 Å². The monoisotopic (exact) mass is 308 g/mol. The molecule has 1 saturated carbocycles. The molecule has 5 heteroatoms. The molecule has 0 bridgehead atoms. The Hall–Kier alpha value is -1.03. The fraction of sp³-hybridized carbons (Fsp3) is 0.750. The summed E-state index contributed by atoms with van der Waals surface area (Å²) in [4.78, 5) is 4.90.